The van der Waals surface area contributed by atoms with Gasteiger partial charge in [0, 0.05) is 7.11 Å². The summed E-state index contributed by atoms with van der Waals surface area (Å²) in [4.78, 5) is 0. The zero-order chi connectivity index (χ0) is 12.7. The zero-order valence-electron chi connectivity index (χ0n) is 10.2. The summed E-state index contributed by atoms with van der Waals surface area (Å²) in [5.74, 6) is 5.18. The minimum absolute atomic E-state index is 0.220. The van der Waals surface area contributed by atoms with Crippen molar-refractivity contribution in [2.75, 3.05) is 26.9 Å². The van der Waals surface area contributed by atoms with Gasteiger partial charge in [0.05, 0.1) is 25.9 Å². The van der Waals surface area contributed by atoms with Crippen LogP contribution < -0.4 is 11.3 Å². The van der Waals surface area contributed by atoms with E-state index in [4.69, 9.17) is 15.3 Å². The Labute approximate surface area is 101 Å². The predicted octanol–water partition coefficient (Wildman–Crippen LogP) is 1.30. The van der Waals surface area contributed by atoms with Crippen molar-refractivity contribution in [2.45, 2.75) is 13.0 Å². The number of hydrogen-bond donors (Lipinski definition) is 2. The van der Waals surface area contributed by atoms with Gasteiger partial charge in [0.15, 0.2) is 0 Å². The molecule has 0 aliphatic heterocycles. The van der Waals surface area contributed by atoms with Crippen LogP contribution in [0.2, 0.25) is 0 Å². The Morgan fingerprint density at radius 1 is 1.41 bits per heavy atom. The number of hydrazine groups is 1. The molecule has 1 rings (SSSR count). The van der Waals surface area contributed by atoms with Crippen molar-refractivity contribution in [3.63, 3.8) is 0 Å². The molecule has 0 aromatic heterocycles. The maximum absolute atomic E-state index is 13.2. The summed E-state index contributed by atoms with van der Waals surface area (Å²) in [5, 5.41) is 0. The van der Waals surface area contributed by atoms with Crippen LogP contribution in [0.25, 0.3) is 0 Å². The predicted molar refractivity (Wildman–Crippen MR) is 63.9 cm³/mol. The maximum Gasteiger partial charge on any atom is 0.123 e. The Morgan fingerprint density at radius 2 is 2.18 bits per heavy atom. The lowest BCUT2D eigenvalue weighted by Gasteiger charge is -2.18. The van der Waals surface area contributed by atoms with Crippen LogP contribution in [-0.2, 0) is 9.47 Å². The second-order valence-electron chi connectivity index (χ2n) is 3.79. The van der Waals surface area contributed by atoms with Gasteiger partial charge in [-0.2, -0.15) is 0 Å². The van der Waals surface area contributed by atoms with Crippen LogP contribution in [0.5, 0.6) is 0 Å². The number of hydrogen-bond acceptors (Lipinski definition) is 4. The van der Waals surface area contributed by atoms with Crippen LogP contribution in [-0.4, -0.2) is 26.9 Å². The molecule has 0 radical (unpaired) electrons. The first kappa shape index (κ1) is 14.1. The molecule has 0 fully saturated rings. The smallest absolute Gasteiger partial charge is 0.123 e. The zero-order valence-corrected chi connectivity index (χ0v) is 10.2. The first-order valence-electron chi connectivity index (χ1n) is 5.48. The molecule has 96 valence electrons. The number of aryl methyl sites for hydroxylation is 1. The van der Waals surface area contributed by atoms with E-state index in [-0.39, 0.29) is 11.9 Å². The molecule has 0 spiro atoms. The van der Waals surface area contributed by atoms with Gasteiger partial charge in [-0.25, -0.2) is 4.39 Å². The third-order valence-corrected chi connectivity index (χ3v) is 2.53. The lowest BCUT2D eigenvalue weighted by molar-refractivity contribution is 0.0584. The number of methoxy groups -OCH3 is 1. The largest absolute Gasteiger partial charge is 0.382 e. The minimum atomic E-state index is -0.275. The lowest BCUT2D eigenvalue weighted by atomic mass is 10.0. The fourth-order valence-corrected chi connectivity index (χ4v) is 1.56. The molecule has 0 heterocycles. The number of nitrogens with two attached hydrogens (primary N) is 1. The maximum atomic E-state index is 13.2. The number of benzene rings is 1. The van der Waals surface area contributed by atoms with Crippen molar-refractivity contribution in [2.24, 2.45) is 5.84 Å². The molecule has 0 amide bonds. The third-order valence-electron chi connectivity index (χ3n) is 2.53. The highest BCUT2D eigenvalue weighted by Gasteiger charge is 2.13. The molecule has 1 unspecified atom stereocenters. The SMILES string of the molecule is COCCOCC(NN)c1cc(F)ccc1C. The van der Waals surface area contributed by atoms with E-state index in [1.165, 1.54) is 12.1 Å². The van der Waals surface area contributed by atoms with Crippen LogP contribution >= 0.6 is 0 Å². The first-order chi connectivity index (χ1) is 8.19. The van der Waals surface area contributed by atoms with E-state index < -0.39 is 0 Å². The van der Waals surface area contributed by atoms with Gasteiger partial charge in [-0.1, -0.05) is 6.07 Å². The van der Waals surface area contributed by atoms with Crippen molar-refractivity contribution < 1.29 is 13.9 Å². The van der Waals surface area contributed by atoms with Crippen LogP contribution in [0, 0.1) is 12.7 Å². The summed E-state index contributed by atoms with van der Waals surface area (Å²) >= 11 is 0. The highest BCUT2D eigenvalue weighted by Crippen LogP contribution is 2.18. The van der Waals surface area contributed by atoms with Gasteiger partial charge in [-0.3, -0.25) is 11.3 Å². The van der Waals surface area contributed by atoms with E-state index in [1.54, 1.807) is 13.2 Å². The second-order valence-corrected chi connectivity index (χ2v) is 3.79. The molecule has 0 saturated heterocycles. The molecule has 3 N–H and O–H groups in total. The minimum Gasteiger partial charge on any atom is -0.382 e. The summed E-state index contributed by atoms with van der Waals surface area (Å²) in [7, 11) is 1.61. The molecule has 0 aliphatic rings. The average Bonchev–Trinajstić information content (AvgIpc) is 2.33. The molecular formula is C12H19FN2O2. The van der Waals surface area contributed by atoms with Gasteiger partial charge in [0.25, 0.3) is 0 Å². The van der Waals surface area contributed by atoms with Crippen molar-refractivity contribution in [3.8, 4) is 0 Å². The van der Waals surface area contributed by atoms with Crippen LogP contribution in [0.4, 0.5) is 4.39 Å². The average molecular weight is 242 g/mol. The van der Waals surface area contributed by atoms with Crippen LogP contribution in [0.1, 0.15) is 17.2 Å². The number of nitrogens with one attached hydrogen (secondary N) is 1. The molecule has 17 heavy (non-hydrogen) atoms. The first-order valence-corrected chi connectivity index (χ1v) is 5.48. The van der Waals surface area contributed by atoms with E-state index in [0.29, 0.717) is 19.8 Å². The molecule has 0 bridgehead atoms. The van der Waals surface area contributed by atoms with E-state index in [2.05, 4.69) is 5.43 Å². The Kier molecular flexibility index (Phi) is 6.07. The van der Waals surface area contributed by atoms with Crippen molar-refractivity contribution in [1.82, 2.24) is 5.43 Å². The summed E-state index contributed by atoms with van der Waals surface area (Å²) in [5.41, 5.74) is 4.42. The normalized spacial score (nSPS) is 12.7. The van der Waals surface area contributed by atoms with Gasteiger partial charge in [-0.05, 0) is 30.2 Å². The summed E-state index contributed by atoms with van der Waals surface area (Å²) in [6.45, 7) is 3.31. The van der Waals surface area contributed by atoms with Crippen LogP contribution in [0.15, 0.2) is 18.2 Å². The molecule has 1 atom stereocenters. The molecule has 0 aliphatic carbocycles. The Bertz CT molecular complexity index is 347. The van der Waals surface area contributed by atoms with Gasteiger partial charge in [0.1, 0.15) is 5.82 Å². The topological polar surface area (TPSA) is 56.5 Å². The van der Waals surface area contributed by atoms with E-state index in [9.17, 15) is 4.39 Å². The Morgan fingerprint density at radius 3 is 2.82 bits per heavy atom. The summed E-state index contributed by atoms with van der Waals surface area (Å²) in [6.07, 6.45) is 0. The van der Waals surface area contributed by atoms with Crippen molar-refractivity contribution >= 4 is 0 Å². The van der Waals surface area contributed by atoms with Gasteiger partial charge >= 0.3 is 0 Å². The highest BCUT2D eigenvalue weighted by molar-refractivity contribution is 5.29. The standard InChI is InChI=1S/C12H19FN2O2/c1-9-3-4-10(13)7-11(9)12(15-14)8-17-6-5-16-2/h3-4,7,12,15H,5-6,8,14H2,1-2H3. The number of ether oxygens (including phenoxy) is 2. The van der Waals surface area contributed by atoms with E-state index >= 15 is 0 Å². The van der Waals surface area contributed by atoms with Crippen LogP contribution in [0.3, 0.4) is 0 Å². The molecule has 0 saturated carbocycles. The molecule has 1 aromatic carbocycles. The highest BCUT2D eigenvalue weighted by atomic mass is 19.1. The number of halogens is 1. The molecule has 1 aromatic rings. The monoisotopic (exact) mass is 242 g/mol. The fourth-order valence-electron chi connectivity index (χ4n) is 1.56. The lowest BCUT2D eigenvalue weighted by Crippen LogP contribution is -2.32. The van der Waals surface area contributed by atoms with Crippen molar-refractivity contribution in [1.29, 1.82) is 0 Å². The molecular weight excluding hydrogens is 223 g/mol. The van der Waals surface area contributed by atoms with Gasteiger partial charge in [-0.15, -0.1) is 0 Å². The second kappa shape index (κ2) is 7.34. The third kappa shape index (κ3) is 4.40. The quantitative estimate of drug-likeness (QED) is 0.430. The molecule has 4 nitrogen and oxygen atoms in total. The number of rotatable bonds is 7. The molecule has 5 heteroatoms. The fraction of sp³-hybridized carbons (Fsp3) is 0.500. The Hall–Kier alpha value is -1.01. The van der Waals surface area contributed by atoms with Gasteiger partial charge < -0.3 is 9.47 Å². The van der Waals surface area contributed by atoms with Gasteiger partial charge in [0.2, 0.25) is 0 Å². The summed E-state index contributed by atoms with van der Waals surface area (Å²) in [6, 6.07) is 4.41. The van der Waals surface area contributed by atoms with Crippen molar-refractivity contribution in [3.05, 3.63) is 35.1 Å². The van der Waals surface area contributed by atoms with E-state index in [1.807, 2.05) is 6.92 Å². The summed E-state index contributed by atoms with van der Waals surface area (Å²) < 4.78 is 23.4. The Balaban J connectivity index is 2.62. The van der Waals surface area contributed by atoms with E-state index in [0.717, 1.165) is 11.1 Å².